The van der Waals surface area contributed by atoms with Gasteiger partial charge < -0.3 is 30.5 Å². The number of carbonyl (C=O) groups is 1. The Kier molecular flexibility index (Phi) is 4.67. The molecule has 1 heterocycles. The zero-order valence-corrected chi connectivity index (χ0v) is 9.73. The number of hydrogen-bond acceptors (Lipinski definition) is 6. The molecule has 5 atom stereocenters. The highest BCUT2D eigenvalue weighted by molar-refractivity contribution is 14.1. The maximum Gasteiger partial charge on any atom is 0.280 e. The van der Waals surface area contributed by atoms with Crippen LogP contribution in [0.5, 0.6) is 0 Å². The Morgan fingerprint density at radius 3 is 2.33 bits per heavy atom. The topological polar surface area (TPSA) is 119 Å². The van der Waals surface area contributed by atoms with E-state index < -0.39 is 30.7 Å². The molecule has 0 saturated carbocycles. The normalized spacial score (nSPS) is 41.3. The SMILES string of the molecule is O=C(I)NCC1OC(O)C(O)C(O)C1O. The highest BCUT2D eigenvalue weighted by atomic mass is 127. The molecular formula is C7H12INO6. The van der Waals surface area contributed by atoms with Gasteiger partial charge >= 0.3 is 0 Å². The molecule has 0 bridgehead atoms. The van der Waals surface area contributed by atoms with Gasteiger partial charge in [0.15, 0.2) is 6.29 Å². The summed E-state index contributed by atoms with van der Waals surface area (Å²) >= 11 is 1.50. The van der Waals surface area contributed by atoms with E-state index in [1.165, 1.54) is 22.6 Å². The van der Waals surface area contributed by atoms with Crippen molar-refractivity contribution >= 4 is 26.5 Å². The number of aliphatic hydroxyl groups excluding tert-OH is 4. The molecule has 8 heteroatoms. The Morgan fingerprint density at radius 2 is 1.80 bits per heavy atom. The number of aliphatic hydroxyl groups is 4. The van der Waals surface area contributed by atoms with Crippen LogP contribution < -0.4 is 5.32 Å². The van der Waals surface area contributed by atoms with Crippen molar-refractivity contribution in [2.75, 3.05) is 6.54 Å². The Balaban J connectivity index is 2.54. The van der Waals surface area contributed by atoms with E-state index >= 15 is 0 Å². The van der Waals surface area contributed by atoms with Crippen LogP contribution in [0.4, 0.5) is 4.79 Å². The van der Waals surface area contributed by atoms with E-state index in [1.807, 2.05) is 0 Å². The van der Waals surface area contributed by atoms with Gasteiger partial charge in [0.05, 0.1) is 0 Å². The van der Waals surface area contributed by atoms with Crippen molar-refractivity contribution in [2.45, 2.75) is 30.7 Å². The van der Waals surface area contributed by atoms with E-state index in [4.69, 9.17) is 14.9 Å². The molecule has 88 valence electrons. The predicted molar refractivity (Wildman–Crippen MR) is 56.3 cm³/mol. The third kappa shape index (κ3) is 3.23. The summed E-state index contributed by atoms with van der Waals surface area (Å²) < 4.78 is 4.46. The molecule has 0 aromatic carbocycles. The van der Waals surface area contributed by atoms with Gasteiger partial charge in [0.2, 0.25) is 0 Å². The summed E-state index contributed by atoms with van der Waals surface area (Å²) in [6.07, 6.45) is -6.92. The lowest BCUT2D eigenvalue weighted by atomic mass is 9.99. The summed E-state index contributed by atoms with van der Waals surface area (Å²) in [6, 6.07) is 0. The van der Waals surface area contributed by atoms with Crippen LogP contribution in [-0.4, -0.2) is 61.6 Å². The summed E-state index contributed by atoms with van der Waals surface area (Å²) in [5.41, 5.74) is 0. The number of ether oxygens (including phenoxy) is 1. The molecule has 5 unspecified atom stereocenters. The first kappa shape index (κ1) is 13.1. The smallest absolute Gasteiger partial charge is 0.280 e. The minimum atomic E-state index is -1.57. The fourth-order valence-corrected chi connectivity index (χ4v) is 1.50. The summed E-state index contributed by atoms with van der Waals surface area (Å²) in [5.74, 6) is 0. The van der Waals surface area contributed by atoms with Gasteiger partial charge in [-0.2, -0.15) is 0 Å². The molecule has 1 amide bonds. The van der Waals surface area contributed by atoms with Crippen molar-refractivity contribution in [1.29, 1.82) is 0 Å². The molecule has 0 aromatic rings. The highest BCUT2D eigenvalue weighted by Gasteiger charge is 2.42. The minimum absolute atomic E-state index is 0.0518. The number of hydrogen-bond donors (Lipinski definition) is 5. The van der Waals surface area contributed by atoms with Crippen LogP contribution in [0.1, 0.15) is 0 Å². The van der Waals surface area contributed by atoms with Gasteiger partial charge in [-0.05, 0) is 0 Å². The second-order valence-corrected chi connectivity index (χ2v) is 4.17. The summed E-state index contributed by atoms with van der Waals surface area (Å²) in [6.45, 7) is -0.0518. The van der Waals surface area contributed by atoms with E-state index in [0.29, 0.717) is 0 Å². The van der Waals surface area contributed by atoms with Gasteiger partial charge in [0.1, 0.15) is 24.4 Å². The average molecular weight is 333 g/mol. The molecule has 1 fully saturated rings. The zero-order chi connectivity index (χ0) is 11.6. The van der Waals surface area contributed by atoms with Crippen molar-refractivity contribution in [3.63, 3.8) is 0 Å². The fourth-order valence-electron chi connectivity index (χ4n) is 1.28. The number of amides is 1. The first-order valence-electron chi connectivity index (χ1n) is 4.24. The Bertz CT molecular complexity index is 240. The van der Waals surface area contributed by atoms with Gasteiger partial charge in [0.25, 0.3) is 3.91 Å². The van der Waals surface area contributed by atoms with Crippen molar-refractivity contribution < 1.29 is 30.0 Å². The van der Waals surface area contributed by atoms with Crippen LogP contribution in [0, 0.1) is 0 Å². The number of halogens is 1. The van der Waals surface area contributed by atoms with Gasteiger partial charge in [-0.3, -0.25) is 4.79 Å². The molecule has 0 spiro atoms. The molecule has 0 aliphatic carbocycles. The first-order chi connectivity index (χ1) is 6.93. The van der Waals surface area contributed by atoms with E-state index in [0.717, 1.165) is 0 Å². The maximum atomic E-state index is 10.6. The zero-order valence-electron chi connectivity index (χ0n) is 7.58. The summed E-state index contributed by atoms with van der Waals surface area (Å²) in [4.78, 5) is 10.6. The molecule has 0 radical (unpaired) electrons. The predicted octanol–water partition coefficient (Wildman–Crippen LogP) is -2.07. The van der Waals surface area contributed by atoms with Crippen molar-refractivity contribution in [2.24, 2.45) is 0 Å². The Hall–Kier alpha value is -0.0000000000000000694. The maximum absolute atomic E-state index is 10.6. The van der Waals surface area contributed by atoms with Crippen molar-refractivity contribution in [3.8, 4) is 0 Å². The van der Waals surface area contributed by atoms with E-state index in [2.05, 4.69) is 5.32 Å². The van der Waals surface area contributed by atoms with Crippen LogP contribution in [0.15, 0.2) is 0 Å². The first-order valence-corrected chi connectivity index (χ1v) is 5.32. The van der Waals surface area contributed by atoms with Gasteiger partial charge in [-0.1, -0.05) is 0 Å². The molecule has 5 N–H and O–H groups in total. The van der Waals surface area contributed by atoms with E-state index in [9.17, 15) is 15.0 Å². The molecular weight excluding hydrogens is 321 g/mol. The number of rotatable bonds is 2. The second-order valence-electron chi connectivity index (χ2n) is 3.19. The van der Waals surface area contributed by atoms with Crippen LogP contribution >= 0.6 is 22.6 Å². The van der Waals surface area contributed by atoms with E-state index in [1.54, 1.807) is 0 Å². The average Bonchev–Trinajstić information content (AvgIpc) is 2.18. The molecule has 1 rings (SSSR count). The van der Waals surface area contributed by atoms with Gasteiger partial charge in [-0.25, -0.2) is 0 Å². The lowest BCUT2D eigenvalue weighted by molar-refractivity contribution is -0.279. The minimum Gasteiger partial charge on any atom is -0.388 e. The van der Waals surface area contributed by atoms with Gasteiger partial charge in [0, 0.05) is 29.1 Å². The number of nitrogens with one attached hydrogen (secondary N) is 1. The molecule has 7 nitrogen and oxygen atoms in total. The van der Waals surface area contributed by atoms with Crippen molar-refractivity contribution in [3.05, 3.63) is 0 Å². The number of carbonyl (C=O) groups excluding carboxylic acids is 1. The fraction of sp³-hybridized carbons (Fsp3) is 0.857. The Labute approximate surface area is 99.2 Å². The van der Waals surface area contributed by atoms with Gasteiger partial charge in [-0.15, -0.1) is 0 Å². The third-order valence-corrected chi connectivity index (χ3v) is 2.51. The third-order valence-electron chi connectivity index (χ3n) is 2.13. The summed E-state index contributed by atoms with van der Waals surface area (Å²) in [7, 11) is 0. The largest absolute Gasteiger partial charge is 0.388 e. The summed E-state index contributed by atoms with van der Waals surface area (Å²) in [5, 5.41) is 39.4. The Morgan fingerprint density at radius 1 is 1.20 bits per heavy atom. The second kappa shape index (κ2) is 5.37. The van der Waals surface area contributed by atoms with E-state index in [-0.39, 0.29) is 10.5 Å². The van der Waals surface area contributed by atoms with Crippen LogP contribution in [0.3, 0.4) is 0 Å². The molecule has 15 heavy (non-hydrogen) atoms. The standard InChI is InChI=1S/C7H12INO6/c8-7(14)9-1-2-3(10)4(11)5(12)6(13)15-2/h2-6,10-13H,1H2,(H,9,14). The highest BCUT2D eigenvalue weighted by Crippen LogP contribution is 2.19. The lowest BCUT2D eigenvalue weighted by Crippen LogP contribution is -2.59. The monoisotopic (exact) mass is 333 g/mol. The molecule has 1 aliphatic rings. The lowest BCUT2D eigenvalue weighted by Gasteiger charge is -2.38. The molecule has 1 aliphatic heterocycles. The van der Waals surface area contributed by atoms with Crippen molar-refractivity contribution in [1.82, 2.24) is 5.32 Å². The van der Waals surface area contributed by atoms with Crippen LogP contribution in [-0.2, 0) is 4.74 Å². The van der Waals surface area contributed by atoms with Crippen LogP contribution in [0.2, 0.25) is 0 Å². The van der Waals surface area contributed by atoms with Crippen LogP contribution in [0.25, 0.3) is 0 Å². The molecule has 1 saturated heterocycles. The quantitative estimate of drug-likeness (QED) is 0.225. The molecule has 0 aromatic heterocycles.